The van der Waals surface area contributed by atoms with Gasteiger partial charge in [-0.3, -0.25) is 14.0 Å². The molecule has 1 amide bonds. The number of anilines is 1. The Morgan fingerprint density at radius 2 is 1.78 bits per heavy atom. The standard InChI is InChI=1S/C23H21ClF4N2O2/c1-22(2,13-25)20(31)10-4-14-3-9-18(24)17(11-14)19-12-21(32)30(29-19)16-7-5-15(6-8-16)23(26,27)28/h3,5-9,11H,4,10,12-13H2,1-2H3. The molecule has 0 fully saturated rings. The van der Waals surface area contributed by atoms with E-state index < -0.39 is 29.7 Å². The monoisotopic (exact) mass is 468 g/mol. The van der Waals surface area contributed by atoms with Gasteiger partial charge in [0.1, 0.15) is 12.5 Å². The van der Waals surface area contributed by atoms with Crippen molar-refractivity contribution < 1.29 is 27.2 Å². The SMILES string of the molecule is CC(C)(CF)C(=O)CCc1ccc(Cl)c(C2=NN(c3ccc(C(F)(F)F)cc3)C(=O)C2)c1. The van der Waals surface area contributed by atoms with E-state index in [0.29, 0.717) is 22.7 Å². The summed E-state index contributed by atoms with van der Waals surface area (Å²) in [5.74, 6) is -0.598. The maximum Gasteiger partial charge on any atom is 0.416 e. The van der Waals surface area contributed by atoms with Crippen LogP contribution < -0.4 is 5.01 Å². The number of hydrogen-bond donors (Lipinski definition) is 0. The quantitative estimate of drug-likeness (QED) is 0.468. The molecule has 4 nitrogen and oxygen atoms in total. The van der Waals surface area contributed by atoms with Gasteiger partial charge in [-0.25, -0.2) is 5.01 Å². The van der Waals surface area contributed by atoms with Crippen LogP contribution in [-0.4, -0.2) is 24.1 Å². The molecule has 0 atom stereocenters. The van der Waals surface area contributed by atoms with Crippen LogP contribution in [0.4, 0.5) is 23.2 Å². The summed E-state index contributed by atoms with van der Waals surface area (Å²) in [5, 5.41) is 5.67. The van der Waals surface area contributed by atoms with Crippen molar-refractivity contribution in [3.8, 4) is 0 Å². The maximum absolute atomic E-state index is 13.0. The molecule has 2 aromatic carbocycles. The lowest BCUT2D eigenvalue weighted by Crippen LogP contribution is -2.26. The normalized spacial score (nSPS) is 14.7. The Balaban J connectivity index is 1.81. The first-order valence-corrected chi connectivity index (χ1v) is 10.3. The zero-order valence-electron chi connectivity index (χ0n) is 17.5. The topological polar surface area (TPSA) is 49.7 Å². The van der Waals surface area contributed by atoms with Gasteiger partial charge < -0.3 is 0 Å². The summed E-state index contributed by atoms with van der Waals surface area (Å²) < 4.78 is 51.3. The second kappa shape index (κ2) is 9.02. The van der Waals surface area contributed by atoms with Crippen molar-refractivity contribution in [2.45, 2.75) is 39.3 Å². The van der Waals surface area contributed by atoms with E-state index in [1.54, 1.807) is 32.0 Å². The van der Waals surface area contributed by atoms with Crippen LogP contribution in [0.15, 0.2) is 47.6 Å². The Morgan fingerprint density at radius 1 is 1.12 bits per heavy atom. The minimum absolute atomic E-state index is 0.0714. The zero-order chi connectivity index (χ0) is 23.7. The second-order valence-electron chi connectivity index (χ2n) is 8.23. The summed E-state index contributed by atoms with van der Waals surface area (Å²) in [6, 6.07) is 9.24. The molecule has 0 aromatic heterocycles. The molecule has 0 aliphatic carbocycles. The van der Waals surface area contributed by atoms with Crippen LogP contribution in [0.5, 0.6) is 0 Å². The number of carbonyl (C=O) groups is 2. The number of hydrogen-bond acceptors (Lipinski definition) is 3. The van der Waals surface area contributed by atoms with Crippen molar-refractivity contribution in [3.63, 3.8) is 0 Å². The minimum Gasteiger partial charge on any atom is -0.299 e. The molecule has 170 valence electrons. The number of nitrogens with zero attached hydrogens (tertiary/aromatic N) is 2. The van der Waals surface area contributed by atoms with Crippen LogP contribution in [0.3, 0.4) is 0 Å². The number of Topliss-reactive ketones (excluding diaryl/α,β-unsaturated/α-hetero) is 1. The van der Waals surface area contributed by atoms with E-state index in [2.05, 4.69) is 5.10 Å². The molecule has 9 heteroatoms. The number of rotatable bonds is 7. The molecule has 2 aromatic rings. The van der Waals surface area contributed by atoms with Gasteiger partial charge in [-0.05, 0) is 48.4 Å². The third-order valence-electron chi connectivity index (χ3n) is 5.29. The van der Waals surface area contributed by atoms with Crippen molar-refractivity contribution in [2.24, 2.45) is 10.5 Å². The van der Waals surface area contributed by atoms with Gasteiger partial charge in [0.05, 0.1) is 28.8 Å². The molecule has 0 unspecified atom stereocenters. The van der Waals surface area contributed by atoms with Crippen LogP contribution in [0, 0.1) is 5.41 Å². The highest BCUT2D eigenvalue weighted by atomic mass is 35.5. The number of benzene rings is 2. The molecular formula is C23H21ClF4N2O2. The maximum atomic E-state index is 13.0. The van der Waals surface area contributed by atoms with Gasteiger partial charge in [-0.2, -0.15) is 18.3 Å². The summed E-state index contributed by atoms with van der Waals surface area (Å²) in [7, 11) is 0. The van der Waals surface area contributed by atoms with Gasteiger partial charge in [0.2, 0.25) is 0 Å². The van der Waals surface area contributed by atoms with E-state index in [9.17, 15) is 27.2 Å². The number of amides is 1. The van der Waals surface area contributed by atoms with Gasteiger partial charge in [0.15, 0.2) is 0 Å². The van der Waals surface area contributed by atoms with E-state index in [4.69, 9.17) is 11.6 Å². The molecule has 0 saturated heterocycles. The van der Waals surface area contributed by atoms with Gasteiger partial charge >= 0.3 is 6.18 Å². The van der Waals surface area contributed by atoms with Gasteiger partial charge in [0.25, 0.3) is 5.91 Å². The van der Waals surface area contributed by atoms with Crippen LogP contribution in [0.25, 0.3) is 0 Å². The average Bonchev–Trinajstić information content (AvgIpc) is 3.13. The van der Waals surface area contributed by atoms with Crippen LogP contribution >= 0.6 is 11.6 Å². The highest BCUT2D eigenvalue weighted by Gasteiger charge is 2.32. The largest absolute Gasteiger partial charge is 0.416 e. The van der Waals surface area contributed by atoms with E-state index in [0.717, 1.165) is 22.7 Å². The number of aryl methyl sites for hydroxylation is 1. The molecule has 0 spiro atoms. The number of ketones is 1. The van der Waals surface area contributed by atoms with Crippen molar-refractivity contribution in [1.29, 1.82) is 0 Å². The van der Waals surface area contributed by atoms with Gasteiger partial charge in [-0.15, -0.1) is 0 Å². The zero-order valence-corrected chi connectivity index (χ0v) is 18.2. The van der Waals surface area contributed by atoms with Crippen molar-refractivity contribution in [1.82, 2.24) is 0 Å². The smallest absolute Gasteiger partial charge is 0.299 e. The number of carbonyl (C=O) groups excluding carboxylic acids is 2. The second-order valence-corrected chi connectivity index (χ2v) is 8.64. The molecular weight excluding hydrogens is 448 g/mol. The predicted octanol–water partition coefficient (Wildman–Crippen LogP) is 6.00. The van der Waals surface area contributed by atoms with E-state index >= 15 is 0 Å². The summed E-state index contributed by atoms with van der Waals surface area (Å²) in [4.78, 5) is 24.7. The highest BCUT2D eigenvalue weighted by molar-refractivity contribution is 6.35. The van der Waals surface area contributed by atoms with Crippen molar-refractivity contribution >= 4 is 34.7 Å². The molecule has 3 rings (SSSR count). The van der Waals surface area contributed by atoms with Gasteiger partial charge in [-0.1, -0.05) is 31.5 Å². The molecule has 0 bridgehead atoms. The summed E-state index contributed by atoms with van der Waals surface area (Å²) >= 11 is 6.29. The lowest BCUT2D eigenvalue weighted by molar-refractivity contribution is -0.137. The fourth-order valence-corrected chi connectivity index (χ4v) is 3.42. The number of alkyl halides is 4. The van der Waals surface area contributed by atoms with E-state index in [1.165, 1.54) is 12.1 Å². The van der Waals surface area contributed by atoms with E-state index in [1.807, 2.05) is 0 Å². The molecule has 0 saturated carbocycles. The molecule has 1 aliphatic rings. The Morgan fingerprint density at radius 3 is 2.38 bits per heavy atom. The Kier molecular flexibility index (Phi) is 6.74. The minimum atomic E-state index is -4.48. The van der Waals surface area contributed by atoms with Crippen LogP contribution in [0.1, 0.15) is 43.4 Å². The highest BCUT2D eigenvalue weighted by Crippen LogP contribution is 2.32. The molecule has 1 heterocycles. The first-order chi connectivity index (χ1) is 14.9. The predicted molar refractivity (Wildman–Crippen MR) is 115 cm³/mol. The summed E-state index contributed by atoms with van der Waals surface area (Å²) in [6.07, 6.45) is -4.02. The third-order valence-corrected chi connectivity index (χ3v) is 5.62. The molecule has 0 radical (unpaired) electrons. The van der Waals surface area contributed by atoms with Crippen molar-refractivity contribution in [3.05, 3.63) is 64.2 Å². The summed E-state index contributed by atoms with van der Waals surface area (Å²) in [6.45, 7) is 2.37. The lowest BCUT2D eigenvalue weighted by Gasteiger charge is -2.18. The Bertz CT molecular complexity index is 1060. The summed E-state index contributed by atoms with van der Waals surface area (Å²) in [5.41, 5.74) is -0.00110. The number of halogens is 5. The van der Waals surface area contributed by atoms with E-state index in [-0.39, 0.29) is 24.3 Å². The molecule has 32 heavy (non-hydrogen) atoms. The fraction of sp³-hybridized carbons (Fsp3) is 0.348. The Hall–Kier alpha value is -2.74. The van der Waals surface area contributed by atoms with Crippen LogP contribution in [0.2, 0.25) is 5.02 Å². The molecule has 0 N–H and O–H groups in total. The molecule has 1 aliphatic heterocycles. The first kappa shape index (κ1) is 23.9. The van der Waals surface area contributed by atoms with Crippen molar-refractivity contribution in [2.75, 3.05) is 11.7 Å². The fourth-order valence-electron chi connectivity index (χ4n) is 3.19. The average molecular weight is 469 g/mol. The third kappa shape index (κ3) is 5.18. The lowest BCUT2D eigenvalue weighted by atomic mass is 9.86. The number of hydrazone groups is 1. The Labute approximate surface area is 187 Å². The van der Waals surface area contributed by atoms with Gasteiger partial charge in [0, 0.05) is 17.0 Å². The van der Waals surface area contributed by atoms with Crippen LogP contribution in [-0.2, 0) is 22.2 Å². The first-order valence-electron chi connectivity index (χ1n) is 9.88.